The topological polar surface area (TPSA) is 81.2 Å². The highest BCUT2D eigenvalue weighted by Crippen LogP contribution is 2.21. The molecule has 0 spiro atoms. The molecule has 0 bridgehead atoms. The summed E-state index contributed by atoms with van der Waals surface area (Å²) in [5, 5.41) is 0. The van der Waals surface area contributed by atoms with Gasteiger partial charge in [0, 0.05) is 59.8 Å². The van der Waals surface area contributed by atoms with Crippen molar-refractivity contribution in [2.45, 2.75) is 43.4 Å². The molecular formula is C23H36N4O4S. The van der Waals surface area contributed by atoms with E-state index >= 15 is 0 Å². The summed E-state index contributed by atoms with van der Waals surface area (Å²) < 4.78 is 27.1. The Bertz CT molecular complexity index is 880. The van der Waals surface area contributed by atoms with Gasteiger partial charge in [0.1, 0.15) is 0 Å². The molecule has 2 heterocycles. The summed E-state index contributed by atoms with van der Waals surface area (Å²) in [6.45, 7) is 4.43. The average Bonchev–Trinajstić information content (AvgIpc) is 3.04. The van der Waals surface area contributed by atoms with E-state index in [4.69, 9.17) is 0 Å². The van der Waals surface area contributed by atoms with Crippen LogP contribution in [0.4, 0.5) is 0 Å². The van der Waals surface area contributed by atoms with Gasteiger partial charge in [0.2, 0.25) is 21.8 Å². The fourth-order valence-corrected chi connectivity index (χ4v) is 5.72. The maximum Gasteiger partial charge on any atom is 0.243 e. The SMILES string of the molecule is CN(C)C(=O)CN1CCCN(C(=O)CCc2ccc(S(=O)(=O)N3CCCCC3)cc2)CC1. The van der Waals surface area contributed by atoms with Gasteiger partial charge in [-0.3, -0.25) is 14.5 Å². The molecule has 2 aliphatic heterocycles. The number of aryl methyl sites for hydroxylation is 1. The Kier molecular flexibility index (Phi) is 8.67. The Morgan fingerprint density at radius 1 is 0.875 bits per heavy atom. The van der Waals surface area contributed by atoms with Crippen LogP contribution in [0.3, 0.4) is 0 Å². The summed E-state index contributed by atoms with van der Waals surface area (Å²) in [7, 11) is 0.0870. The van der Waals surface area contributed by atoms with Crippen LogP contribution in [-0.4, -0.2) is 99.1 Å². The molecule has 3 rings (SSSR count). The molecule has 32 heavy (non-hydrogen) atoms. The van der Waals surface area contributed by atoms with E-state index in [1.54, 1.807) is 35.4 Å². The second-order valence-electron chi connectivity index (χ2n) is 8.91. The number of hydrogen-bond acceptors (Lipinski definition) is 5. The Balaban J connectivity index is 1.49. The molecule has 2 amide bonds. The van der Waals surface area contributed by atoms with E-state index in [1.807, 2.05) is 17.0 Å². The third kappa shape index (κ3) is 6.52. The summed E-state index contributed by atoms with van der Waals surface area (Å²) >= 11 is 0. The first kappa shape index (κ1) is 24.7. The molecule has 0 saturated carbocycles. The van der Waals surface area contributed by atoms with Crippen molar-refractivity contribution < 1.29 is 18.0 Å². The molecule has 2 fully saturated rings. The van der Waals surface area contributed by atoms with Crippen molar-refractivity contribution in [2.24, 2.45) is 0 Å². The quantitative estimate of drug-likeness (QED) is 0.610. The van der Waals surface area contributed by atoms with Gasteiger partial charge in [-0.2, -0.15) is 4.31 Å². The van der Waals surface area contributed by atoms with E-state index in [1.165, 1.54) is 0 Å². The zero-order chi connectivity index (χ0) is 23.1. The van der Waals surface area contributed by atoms with Gasteiger partial charge in [-0.25, -0.2) is 8.42 Å². The van der Waals surface area contributed by atoms with Gasteiger partial charge in [0.05, 0.1) is 11.4 Å². The van der Waals surface area contributed by atoms with Gasteiger partial charge < -0.3 is 9.80 Å². The molecule has 0 aromatic heterocycles. The van der Waals surface area contributed by atoms with Crippen LogP contribution in [0.25, 0.3) is 0 Å². The van der Waals surface area contributed by atoms with Crippen LogP contribution in [-0.2, 0) is 26.0 Å². The highest BCUT2D eigenvalue weighted by atomic mass is 32.2. The first-order valence-corrected chi connectivity index (χ1v) is 13.0. The van der Waals surface area contributed by atoms with Crippen LogP contribution in [0.2, 0.25) is 0 Å². The fraction of sp³-hybridized carbons (Fsp3) is 0.652. The molecule has 8 nitrogen and oxygen atoms in total. The lowest BCUT2D eigenvalue weighted by molar-refractivity contribution is -0.131. The van der Waals surface area contributed by atoms with Crippen molar-refractivity contribution in [3.05, 3.63) is 29.8 Å². The summed E-state index contributed by atoms with van der Waals surface area (Å²) in [4.78, 5) is 30.6. The lowest BCUT2D eigenvalue weighted by atomic mass is 10.1. The van der Waals surface area contributed by atoms with Crippen molar-refractivity contribution in [1.82, 2.24) is 19.0 Å². The Morgan fingerprint density at radius 3 is 2.22 bits per heavy atom. The largest absolute Gasteiger partial charge is 0.348 e. The molecule has 178 valence electrons. The van der Waals surface area contributed by atoms with E-state index in [2.05, 4.69) is 4.90 Å². The number of rotatable bonds is 7. The van der Waals surface area contributed by atoms with Crippen LogP contribution in [0.5, 0.6) is 0 Å². The highest BCUT2D eigenvalue weighted by Gasteiger charge is 2.26. The zero-order valence-corrected chi connectivity index (χ0v) is 20.1. The number of amides is 2. The summed E-state index contributed by atoms with van der Waals surface area (Å²) in [6.07, 6.45) is 4.76. The highest BCUT2D eigenvalue weighted by molar-refractivity contribution is 7.89. The molecule has 0 aliphatic carbocycles. The number of sulfonamides is 1. The second-order valence-corrected chi connectivity index (χ2v) is 10.8. The van der Waals surface area contributed by atoms with E-state index in [-0.39, 0.29) is 11.8 Å². The second kappa shape index (κ2) is 11.2. The van der Waals surface area contributed by atoms with Crippen LogP contribution in [0.15, 0.2) is 29.2 Å². The molecule has 1 aromatic rings. The van der Waals surface area contributed by atoms with Gasteiger partial charge in [0.15, 0.2) is 0 Å². The van der Waals surface area contributed by atoms with Crippen molar-refractivity contribution in [2.75, 3.05) is 59.9 Å². The smallest absolute Gasteiger partial charge is 0.243 e. The first-order chi connectivity index (χ1) is 15.3. The van der Waals surface area contributed by atoms with Crippen LogP contribution in [0.1, 0.15) is 37.7 Å². The lowest BCUT2D eigenvalue weighted by Crippen LogP contribution is -2.39. The first-order valence-electron chi connectivity index (χ1n) is 11.6. The van der Waals surface area contributed by atoms with Gasteiger partial charge in [-0.15, -0.1) is 0 Å². The molecule has 1 aromatic carbocycles. The lowest BCUT2D eigenvalue weighted by Gasteiger charge is -2.25. The Morgan fingerprint density at radius 2 is 1.56 bits per heavy atom. The summed E-state index contributed by atoms with van der Waals surface area (Å²) in [6, 6.07) is 6.97. The standard InChI is InChI=1S/C23H36N4O4S/c1-24(2)23(29)19-25-13-6-14-26(18-17-25)22(28)12-9-20-7-10-21(11-8-20)32(30,31)27-15-4-3-5-16-27/h7-8,10-11H,3-6,9,12-19H2,1-2H3. The molecule has 0 N–H and O–H groups in total. The molecule has 2 saturated heterocycles. The Hall–Kier alpha value is -1.97. The number of benzene rings is 1. The van der Waals surface area contributed by atoms with Crippen molar-refractivity contribution in [3.63, 3.8) is 0 Å². The minimum atomic E-state index is -3.42. The third-order valence-corrected chi connectivity index (χ3v) is 8.22. The van der Waals surface area contributed by atoms with Crippen LogP contribution < -0.4 is 0 Å². The van der Waals surface area contributed by atoms with Gasteiger partial charge in [-0.05, 0) is 43.4 Å². The molecule has 0 radical (unpaired) electrons. The minimum Gasteiger partial charge on any atom is -0.348 e. The average molecular weight is 465 g/mol. The molecule has 2 aliphatic rings. The Labute approximate surface area is 192 Å². The summed E-state index contributed by atoms with van der Waals surface area (Å²) in [5.74, 6) is 0.186. The fourth-order valence-electron chi connectivity index (χ4n) is 4.20. The van der Waals surface area contributed by atoms with Gasteiger partial charge >= 0.3 is 0 Å². The normalized spacial score (nSPS) is 18.9. The van der Waals surface area contributed by atoms with Crippen LogP contribution >= 0.6 is 0 Å². The number of nitrogens with zero attached hydrogens (tertiary/aromatic N) is 4. The molecule has 0 atom stereocenters. The van der Waals surface area contributed by atoms with E-state index < -0.39 is 10.0 Å². The van der Waals surface area contributed by atoms with Crippen molar-refractivity contribution in [3.8, 4) is 0 Å². The molecule has 9 heteroatoms. The van der Waals surface area contributed by atoms with E-state index in [0.717, 1.165) is 37.8 Å². The van der Waals surface area contributed by atoms with E-state index in [9.17, 15) is 18.0 Å². The zero-order valence-electron chi connectivity index (χ0n) is 19.3. The van der Waals surface area contributed by atoms with Crippen molar-refractivity contribution in [1.29, 1.82) is 0 Å². The minimum absolute atomic E-state index is 0.0792. The van der Waals surface area contributed by atoms with E-state index in [0.29, 0.717) is 57.0 Å². The number of hydrogen-bond donors (Lipinski definition) is 0. The number of carbonyl (C=O) groups excluding carboxylic acids is 2. The third-order valence-electron chi connectivity index (χ3n) is 6.30. The predicted octanol–water partition coefficient (Wildman–Crippen LogP) is 1.42. The van der Waals surface area contributed by atoms with Gasteiger partial charge in [0.25, 0.3) is 0 Å². The number of carbonyl (C=O) groups is 2. The van der Waals surface area contributed by atoms with Crippen molar-refractivity contribution >= 4 is 21.8 Å². The number of piperidine rings is 1. The maximum absolute atomic E-state index is 12.8. The van der Waals surface area contributed by atoms with Gasteiger partial charge in [-0.1, -0.05) is 18.6 Å². The van der Waals surface area contributed by atoms with Crippen LogP contribution in [0, 0.1) is 0 Å². The molecule has 0 unspecified atom stereocenters. The molecular weight excluding hydrogens is 428 g/mol. The summed E-state index contributed by atoms with van der Waals surface area (Å²) in [5.41, 5.74) is 0.962. The number of likely N-dealkylation sites (N-methyl/N-ethyl adjacent to an activating group) is 1. The monoisotopic (exact) mass is 464 g/mol. The maximum atomic E-state index is 12.8. The predicted molar refractivity (Wildman–Crippen MR) is 124 cm³/mol.